The van der Waals surface area contributed by atoms with E-state index in [0.29, 0.717) is 11.1 Å². The Morgan fingerprint density at radius 1 is 1.38 bits per heavy atom. The van der Waals surface area contributed by atoms with Gasteiger partial charge >= 0.3 is 5.97 Å². The summed E-state index contributed by atoms with van der Waals surface area (Å²) in [4.78, 5) is 59.2. The third-order valence-electron chi connectivity index (χ3n) is 5.26. The first-order valence-electron chi connectivity index (χ1n) is 10.4. The van der Waals surface area contributed by atoms with Crippen molar-refractivity contribution in [1.82, 2.24) is 19.6 Å². The third-order valence-corrected chi connectivity index (χ3v) is 7.14. The number of carboxylic acids is 1. The molecule has 0 spiro atoms. The summed E-state index contributed by atoms with van der Waals surface area (Å²) in [5.74, 6) is -0.911. The number of aromatic nitrogens is 3. The van der Waals surface area contributed by atoms with Gasteiger partial charge in [-0.25, -0.2) is 9.36 Å². The Hall–Kier alpha value is -4.49. The molecule has 2 aliphatic heterocycles. The summed E-state index contributed by atoms with van der Waals surface area (Å²) < 4.78 is 5.60. The van der Waals surface area contributed by atoms with Gasteiger partial charge in [0.2, 0.25) is 17.4 Å². The lowest BCUT2D eigenvalue weighted by Crippen LogP contribution is -2.71. The molecule has 4 heterocycles. The van der Waals surface area contributed by atoms with Crippen molar-refractivity contribution in [3.8, 4) is 12.3 Å². The molecule has 1 fully saturated rings. The molecule has 4 rings (SSSR count). The van der Waals surface area contributed by atoms with Gasteiger partial charge in [0.1, 0.15) is 17.1 Å². The van der Waals surface area contributed by atoms with Crippen LogP contribution in [0, 0.1) is 12.3 Å². The molecule has 2 aromatic heterocycles. The van der Waals surface area contributed by atoms with Crippen LogP contribution in [0.15, 0.2) is 41.0 Å². The number of anilines is 1. The van der Waals surface area contributed by atoms with E-state index in [1.165, 1.54) is 23.9 Å². The number of carbonyl (C=O) groups is 4. The number of nitrogens with two attached hydrogens (primary N) is 2. The van der Waals surface area contributed by atoms with Crippen molar-refractivity contribution in [2.75, 3.05) is 18.1 Å². The summed E-state index contributed by atoms with van der Waals surface area (Å²) in [6.45, 7) is -0.0503. The van der Waals surface area contributed by atoms with Crippen molar-refractivity contribution < 1.29 is 33.7 Å². The summed E-state index contributed by atoms with van der Waals surface area (Å²) in [5, 5.41) is 15.5. The summed E-state index contributed by atoms with van der Waals surface area (Å²) >= 11 is 2.13. The Labute approximate surface area is 217 Å². The molecule has 0 radical (unpaired) electrons. The van der Waals surface area contributed by atoms with Crippen LogP contribution in [0.3, 0.4) is 0 Å². The number of rotatable bonds is 9. The fraction of sp³-hybridized carbons (Fsp3) is 0.238. The first-order chi connectivity index (χ1) is 17.7. The van der Waals surface area contributed by atoms with E-state index in [0.717, 1.165) is 16.4 Å². The van der Waals surface area contributed by atoms with E-state index in [4.69, 9.17) is 22.7 Å². The highest BCUT2D eigenvalue weighted by Gasteiger charge is 2.54. The molecule has 37 heavy (non-hydrogen) atoms. The fourth-order valence-corrected chi connectivity index (χ4v) is 5.38. The summed E-state index contributed by atoms with van der Waals surface area (Å²) in [6.07, 6.45) is 8.31. The molecule has 2 aromatic rings. The number of β-lactam (4-membered cyclic amide) rings is 1. The number of aliphatic carboxylic acids is 1. The minimum atomic E-state index is -1.28. The number of amides is 3. The van der Waals surface area contributed by atoms with Gasteiger partial charge in [0.05, 0.1) is 5.56 Å². The van der Waals surface area contributed by atoms with Gasteiger partial charge < -0.3 is 26.7 Å². The second-order valence-corrected chi connectivity index (χ2v) is 9.50. The third kappa shape index (κ3) is 5.22. The molecule has 6 N–H and O–H groups in total. The Kier molecular flexibility index (Phi) is 7.36. The molecular formula is C21H19N8O6S2+. The average Bonchev–Trinajstić information content (AvgIpc) is 3.30. The molecule has 0 aromatic carbocycles. The van der Waals surface area contributed by atoms with Crippen LogP contribution in [0.1, 0.15) is 16.2 Å². The maximum Gasteiger partial charge on any atom is 0.352 e. The molecule has 0 bridgehead atoms. The van der Waals surface area contributed by atoms with Crippen LogP contribution in [0.5, 0.6) is 0 Å². The molecule has 0 aliphatic carbocycles. The van der Waals surface area contributed by atoms with Gasteiger partial charge in [0, 0.05) is 35.0 Å². The van der Waals surface area contributed by atoms with E-state index < -0.39 is 35.1 Å². The smallest absolute Gasteiger partial charge is 0.352 e. The number of hydrogen-bond acceptors (Lipinski definition) is 11. The quantitative estimate of drug-likeness (QED) is 0.0704. The molecular weight excluding hydrogens is 524 g/mol. The van der Waals surface area contributed by atoms with Crippen molar-refractivity contribution in [2.45, 2.75) is 18.0 Å². The van der Waals surface area contributed by atoms with E-state index >= 15 is 0 Å². The normalized spacial score (nSPS) is 18.9. The standard InChI is InChI=1S/C21H18N8O6S2/c1-2-7-35-26-12(16-25-21(23)37-27-16)17(31)24-13-18(32)29-14(20(33)34)11(9-36-19(13)29)8-28-5-3-10(4-6-28)15(22)30/h1,3-6,13,19H,7-9H2,(H5-,22,23,24,25,27,30,31,33,34)/p+1/t13?,19-/m0/s1. The van der Waals surface area contributed by atoms with Crippen molar-refractivity contribution in [3.05, 3.63) is 47.2 Å². The van der Waals surface area contributed by atoms with Crippen molar-refractivity contribution in [1.29, 1.82) is 0 Å². The number of pyridine rings is 1. The number of oxime groups is 1. The first kappa shape index (κ1) is 25.6. The number of nitrogens with one attached hydrogen (secondary N) is 1. The van der Waals surface area contributed by atoms with Crippen molar-refractivity contribution in [2.24, 2.45) is 10.9 Å². The monoisotopic (exact) mass is 543 g/mol. The zero-order valence-electron chi connectivity index (χ0n) is 18.9. The average molecular weight is 544 g/mol. The molecule has 2 atom stereocenters. The summed E-state index contributed by atoms with van der Waals surface area (Å²) in [7, 11) is 0. The Morgan fingerprint density at radius 3 is 2.70 bits per heavy atom. The van der Waals surface area contributed by atoms with E-state index in [1.807, 2.05) is 0 Å². The van der Waals surface area contributed by atoms with Crippen LogP contribution < -0.4 is 21.4 Å². The number of carboxylic acid groups (broad SMARTS) is 1. The van der Waals surface area contributed by atoms with Crippen LogP contribution in [0.25, 0.3) is 0 Å². The van der Waals surface area contributed by atoms with Crippen LogP contribution in [0.4, 0.5) is 5.13 Å². The highest BCUT2D eigenvalue weighted by atomic mass is 32.2. The molecule has 1 unspecified atom stereocenters. The number of primary amides is 1. The molecule has 14 nitrogen and oxygen atoms in total. The second-order valence-electron chi connectivity index (χ2n) is 7.62. The number of carbonyl (C=O) groups excluding carboxylic acids is 3. The predicted octanol–water partition coefficient (Wildman–Crippen LogP) is -1.70. The van der Waals surface area contributed by atoms with E-state index in [1.54, 1.807) is 17.0 Å². The number of nitrogen functional groups attached to an aromatic ring is 1. The summed E-state index contributed by atoms with van der Waals surface area (Å²) in [6, 6.07) is 2.00. The number of thioether (sulfide) groups is 1. The minimum absolute atomic E-state index is 0.0899. The Morgan fingerprint density at radius 2 is 2.11 bits per heavy atom. The van der Waals surface area contributed by atoms with Gasteiger partial charge in [0.25, 0.3) is 11.8 Å². The zero-order valence-corrected chi connectivity index (χ0v) is 20.5. The van der Waals surface area contributed by atoms with Gasteiger partial charge in [-0.2, -0.15) is 9.36 Å². The van der Waals surface area contributed by atoms with Crippen LogP contribution >= 0.6 is 23.3 Å². The molecule has 1 saturated heterocycles. The Bertz CT molecular complexity index is 1380. The van der Waals surface area contributed by atoms with Gasteiger partial charge in [-0.15, -0.1) is 18.2 Å². The maximum atomic E-state index is 13.0. The number of fused-ring (bicyclic) bond motifs is 1. The number of hydrogen-bond donors (Lipinski definition) is 4. The first-order valence-corrected chi connectivity index (χ1v) is 12.3. The topological polar surface area (TPSA) is 207 Å². The van der Waals surface area contributed by atoms with Crippen molar-refractivity contribution in [3.63, 3.8) is 0 Å². The fourth-order valence-electron chi connectivity index (χ4n) is 3.61. The lowest BCUT2D eigenvalue weighted by atomic mass is 10.0. The predicted molar refractivity (Wildman–Crippen MR) is 130 cm³/mol. The van der Waals surface area contributed by atoms with E-state index in [9.17, 15) is 24.3 Å². The maximum absolute atomic E-state index is 13.0. The van der Waals surface area contributed by atoms with Crippen LogP contribution in [-0.4, -0.2) is 72.5 Å². The zero-order chi connectivity index (χ0) is 26.7. The van der Waals surface area contributed by atoms with Crippen LogP contribution in [-0.2, 0) is 25.8 Å². The molecule has 3 amide bonds. The minimum Gasteiger partial charge on any atom is -0.477 e. The second kappa shape index (κ2) is 10.6. The molecule has 0 saturated carbocycles. The number of nitrogens with zero attached hydrogens (tertiary/aromatic N) is 5. The molecule has 2 aliphatic rings. The van der Waals surface area contributed by atoms with Gasteiger partial charge in [-0.1, -0.05) is 11.1 Å². The molecule has 190 valence electrons. The van der Waals surface area contributed by atoms with Crippen molar-refractivity contribution >= 4 is 57.8 Å². The van der Waals surface area contributed by atoms with E-state index in [2.05, 4.69) is 25.8 Å². The SMILES string of the molecule is C#CCON=C(C(=O)NC1C(=O)N2C(C(=O)O)=C(C[n+]3ccc(C(N)=O)cc3)CS[C@@H]12)c1nsc(N)n1. The van der Waals surface area contributed by atoms with Gasteiger partial charge in [-0.05, 0) is 0 Å². The highest BCUT2D eigenvalue weighted by molar-refractivity contribution is 8.00. The molecule has 16 heteroatoms. The van der Waals surface area contributed by atoms with Crippen LogP contribution in [0.2, 0.25) is 0 Å². The largest absolute Gasteiger partial charge is 0.477 e. The highest BCUT2D eigenvalue weighted by Crippen LogP contribution is 2.40. The van der Waals surface area contributed by atoms with Gasteiger partial charge in [0.15, 0.2) is 30.7 Å². The Balaban J connectivity index is 1.52. The lowest BCUT2D eigenvalue weighted by Gasteiger charge is -2.49. The van der Waals surface area contributed by atoms with E-state index in [-0.39, 0.29) is 41.3 Å². The van der Waals surface area contributed by atoms with Gasteiger partial charge in [-0.3, -0.25) is 19.3 Å². The number of terminal acetylenes is 1. The lowest BCUT2D eigenvalue weighted by molar-refractivity contribution is -0.689. The summed E-state index contributed by atoms with van der Waals surface area (Å²) in [5.41, 5.74) is 11.1.